The molecule has 2 rings (SSSR count). The van der Waals surface area contributed by atoms with E-state index < -0.39 is 5.54 Å². The molecular formula is C13H18ClNO4. The summed E-state index contributed by atoms with van der Waals surface area (Å²) in [5.41, 5.74) is 0.233. The van der Waals surface area contributed by atoms with Gasteiger partial charge in [0.2, 0.25) is 6.79 Å². The van der Waals surface area contributed by atoms with Crippen LogP contribution in [0.15, 0.2) is 12.1 Å². The van der Waals surface area contributed by atoms with Gasteiger partial charge in [-0.15, -0.1) is 0 Å². The second kappa shape index (κ2) is 5.96. The molecule has 19 heavy (non-hydrogen) atoms. The molecule has 0 aromatic heterocycles. The fourth-order valence-corrected chi connectivity index (χ4v) is 2.21. The summed E-state index contributed by atoms with van der Waals surface area (Å²) in [6.07, 6.45) is 0.623. The van der Waals surface area contributed by atoms with Crippen LogP contribution in [0, 0.1) is 0 Å². The number of nitrogens with one attached hydrogen (secondary N) is 1. The quantitative estimate of drug-likeness (QED) is 0.735. The van der Waals surface area contributed by atoms with Gasteiger partial charge in [-0.3, -0.25) is 0 Å². The maximum atomic E-state index is 9.37. The van der Waals surface area contributed by atoms with Crippen molar-refractivity contribution in [3.05, 3.63) is 22.7 Å². The lowest BCUT2D eigenvalue weighted by Crippen LogP contribution is -2.50. The number of benzene rings is 1. The molecule has 1 aliphatic rings. The largest absolute Gasteiger partial charge is 0.454 e. The Kier molecular flexibility index (Phi) is 4.52. The van der Waals surface area contributed by atoms with Crippen molar-refractivity contribution in [2.45, 2.75) is 25.4 Å². The lowest BCUT2D eigenvalue weighted by atomic mass is 9.98. The summed E-state index contributed by atoms with van der Waals surface area (Å²) >= 11 is 6.09. The zero-order chi connectivity index (χ0) is 13.9. The Labute approximate surface area is 117 Å². The third-order valence-corrected chi connectivity index (χ3v) is 3.72. The fourth-order valence-electron chi connectivity index (χ4n) is 1.92. The number of ether oxygens (including phenoxy) is 2. The first-order chi connectivity index (χ1) is 9.14. The minimum atomic E-state index is -0.678. The summed E-state index contributed by atoms with van der Waals surface area (Å²) in [6, 6.07) is 3.63. The van der Waals surface area contributed by atoms with Crippen molar-refractivity contribution in [1.29, 1.82) is 0 Å². The highest BCUT2D eigenvalue weighted by Crippen LogP contribution is 2.39. The van der Waals surface area contributed by atoms with Crippen LogP contribution in [0.5, 0.6) is 11.5 Å². The van der Waals surface area contributed by atoms with E-state index in [1.54, 1.807) is 6.07 Å². The van der Waals surface area contributed by atoms with E-state index in [0.29, 0.717) is 29.5 Å². The van der Waals surface area contributed by atoms with Crippen molar-refractivity contribution >= 4 is 11.6 Å². The zero-order valence-corrected chi connectivity index (χ0v) is 11.5. The van der Waals surface area contributed by atoms with E-state index in [-0.39, 0.29) is 20.0 Å². The van der Waals surface area contributed by atoms with Gasteiger partial charge < -0.3 is 25.0 Å². The maximum Gasteiger partial charge on any atom is 0.231 e. The molecule has 1 aromatic carbocycles. The van der Waals surface area contributed by atoms with Gasteiger partial charge >= 0.3 is 0 Å². The molecule has 0 aliphatic carbocycles. The van der Waals surface area contributed by atoms with E-state index in [2.05, 4.69) is 5.32 Å². The summed E-state index contributed by atoms with van der Waals surface area (Å²) in [7, 11) is 0. The van der Waals surface area contributed by atoms with Crippen LogP contribution in [0.2, 0.25) is 5.02 Å². The summed E-state index contributed by atoms with van der Waals surface area (Å²) < 4.78 is 10.5. The normalized spacial score (nSPS) is 13.9. The number of halogens is 1. The molecule has 0 saturated heterocycles. The first kappa shape index (κ1) is 14.4. The van der Waals surface area contributed by atoms with E-state index in [1.165, 1.54) is 0 Å². The number of hydrogen-bond donors (Lipinski definition) is 3. The molecule has 0 unspecified atom stereocenters. The molecule has 0 bridgehead atoms. The number of aliphatic hydroxyl groups excluding tert-OH is 2. The molecule has 0 amide bonds. The summed E-state index contributed by atoms with van der Waals surface area (Å²) in [5.74, 6) is 1.19. The predicted molar refractivity (Wildman–Crippen MR) is 71.6 cm³/mol. The number of rotatable bonds is 6. The lowest BCUT2D eigenvalue weighted by Gasteiger charge is -2.30. The highest BCUT2D eigenvalue weighted by atomic mass is 35.5. The highest BCUT2D eigenvalue weighted by molar-refractivity contribution is 6.32. The van der Waals surface area contributed by atoms with Gasteiger partial charge in [-0.2, -0.15) is 0 Å². The molecule has 0 radical (unpaired) electrons. The van der Waals surface area contributed by atoms with E-state index in [4.69, 9.17) is 21.1 Å². The van der Waals surface area contributed by atoms with Gasteiger partial charge in [-0.1, -0.05) is 18.5 Å². The zero-order valence-electron chi connectivity index (χ0n) is 10.8. The second-order valence-corrected chi connectivity index (χ2v) is 5.02. The van der Waals surface area contributed by atoms with Gasteiger partial charge in [0.1, 0.15) is 0 Å². The van der Waals surface area contributed by atoms with Crippen molar-refractivity contribution in [3.63, 3.8) is 0 Å². The molecule has 6 heteroatoms. The van der Waals surface area contributed by atoms with Crippen LogP contribution in [0.4, 0.5) is 0 Å². The maximum absolute atomic E-state index is 9.37. The Morgan fingerprint density at radius 2 is 2.05 bits per heavy atom. The molecular weight excluding hydrogens is 270 g/mol. The Bertz CT molecular complexity index is 440. The second-order valence-electron chi connectivity index (χ2n) is 4.62. The van der Waals surface area contributed by atoms with E-state index >= 15 is 0 Å². The minimum Gasteiger partial charge on any atom is -0.454 e. The monoisotopic (exact) mass is 287 g/mol. The first-order valence-corrected chi connectivity index (χ1v) is 6.56. The fraction of sp³-hybridized carbons (Fsp3) is 0.538. The van der Waals surface area contributed by atoms with Crippen molar-refractivity contribution in [2.24, 2.45) is 0 Å². The third kappa shape index (κ3) is 2.95. The Morgan fingerprint density at radius 1 is 1.32 bits per heavy atom. The molecule has 106 valence electrons. The SMILES string of the molecule is CCC(CO)(CO)NCc1cc(Cl)c2c(c1)OCO2. The van der Waals surface area contributed by atoms with Crippen LogP contribution >= 0.6 is 11.6 Å². The summed E-state index contributed by atoms with van der Waals surface area (Å²) in [5, 5.41) is 22.4. The summed E-state index contributed by atoms with van der Waals surface area (Å²) in [6.45, 7) is 2.31. The van der Waals surface area contributed by atoms with Gasteiger partial charge in [0, 0.05) is 6.54 Å². The average molecular weight is 288 g/mol. The molecule has 0 atom stereocenters. The molecule has 0 spiro atoms. The first-order valence-electron chi connectivity index (χ1n) is 6.19. The minimum absolute atomic E-state index is 0.127. The third-order valence-electron chi connectivity index (χ3n) is 3.44. The Hall–Kier alpha value is -1.01. The van der Waals surface area contributed by atoms with Gasteiger partial charge in [-0.05, 0) is 24.1 Å². The smallest absolute Gasteiger partial charge is 0.231 e. The Morgan fingerprint density at radius 3 is 2.68 bits per heavy atom. The molecule has 1 heterocycles. The standard InChI is InChI=1S/C13H18ClNO4/c1-2-13(6-16,7-17)15-5-9-3-10(14)12-11(4-9)18-8-19-12/h3-4,15-17H,2,5-8H2,1H3. The lowest BCUT2D eigenvalue weighted by molar-refractivity contribution is 0.0864. The number of aliphatic hydroxyl groups is 2. The van der Waals surface area contributed by atoms with Crippen LogP contribution in [-0.2, 0) is 6.54 Å². The van der Waals surface area contributed by atoms with Gasteiger partial charge in [0.25, 0.3) is 0 Å². The van der Waals surface area contributed by atoms with Crippen molar-refractivity contribution in [1.82, 2.24) is 5.32 Å². The van der Waals surface area contributed by atoms with Crippen LogP contribution in [-0.4, -0.2) is 35.8 Å². The van der Waals surface area contributed by atoms with Crippen LogP contribution < -0.4 is 14.8 Å². The van der Waals surface area contributed by atoms with E-state index in [0.717, 1.165) is 5.56 Å². The van der Waals surface area contributed by atoms with E-state index in [9.17, 15) is 10.2 Å². The van der Waals surface area contributed by atoms with Gasteiger partial charge in [-0.25, -0.2) is 0 Å². The highest BCUT2D eigenvalue weighted by Gasteiger charge is 2.26. The molecule has 5 nitrogen and oxygen atoms in total. The van der Waals surface area contributed by atoms with Crippen molar-refractivity contribution in [2.75, 3.05) is 20.0 Å². The van der Waals surface area contributed by atoms with Gasteiger partial charge in [0.15, 0.2) is 11.5 Å². The van der Waals surface area contributed by atoms with Crippen molar-refractivity contribution in [3.8, 4) is 11.5 Å². The molecule has 0 fully saturated rings. The molecule has 3 N–H and O–H groups in total. The number of fused-ring (bicyclic) bond motifs is 1. The van der Waals surface area contributed by atoms with E-state index in [1.807, 2.05) is 13.0 Å². The number of hydrogen-bond acceptors (Lipinski definition) is 5. The molecule has 1 aromatic rings. The molecule has 0 saturated carbocycles. The summed E-state index contributed by atoms with van der Waals surface area (Å²) in [4.78, 5) is 0. The topological polar surface area (TPSA) is 71.0 Å². The predicted octanol–water partition coefficient (Wildman–Crippen LogP) is 1.29. The average Bonchev–Trinajstić information content (AvgIpc) is 2.90. The van der Waals surface area contributed by atoms with Crippen LogP contribution in [0.1, 0.15) is 18.9 Å². The van der Waals surface area contributed by atoms with Crippen LogP contribution in [0.25, 0.3) is 0 Å². The Balaban J connectivity index is 2.10. The van der Waals surface area contributed by atoms with Gasteiger partial charge in [0.05, 0.1) is 23.8 Å². The molecule has 1 aliphatic heterocycles. The van der Waals surface area contributed by atoms with Crippen molar-refractivity contribution < 1.29 is 19.7 Å². The van der Waals surface area contributed by atoms with Crippen LogP contribution in [0.3, 0.4) is 0 Å².